The van der Waals surface area contributed by atoms with Crippen LogP contribution in [0.5, 0.6) is 5.75 Å². The molecule has 0 spiro atoms. The van der Waals surface area contributed by atoms with E-state index in [1.54, 1.807) is 7.11 Å². The number of pyridine rings is 1. The molecule has 37 heavy (non-hydrogen) atoms. The molecule has 0 radical (unpaired) electrons. The van der Waals surface area contributed by atoms with E-state index >= 15 is 0 Å². The summed E-state index contributed by atoms with van der Waals surface area (Å²) in [5.74, 6) is 2.70. The topological polar surface area (TPSA) is 75.3 Å². The molecule has 2 N–H and O–H groups in total. The summed E-state index contributed by atoms with van der Waals surface area (Å²) >= 11 is 0. The number of imidazole rings is 1. The number of hydrogen-bond acceptors (Lipinski definition) is 6. The Hall–Kier alpha value is -3.42. The minimum Gasteiger partial charge on any atom is -0.497 e. The highest BCUT2D eigenvalue weighted by molar-refractivity contribution is 5.90. The number of rotatable bonds is 8. The van der Waals surface area contributed by atoms with E-state index in [2.05, 4.69) is 77.4 Å². The predicted octanol–water partition coefficient (Wildman–Crippen LogP) is 5.73. The maximum atomic E-state index is 5.44. The van der Waals surface area contributed by atoms with E-state index in [4.69, 9.17) is 14.5 Å². The van der Waals surface area contributed by atoms with Crippen LogP contribution >= 0.6 is 0 Å². The van der Waals surface area contributed by atoms with Crippen LogP contribution in [-0.4, -0.2) is 66.4 Å². The van der Waals surface area contributed by atoms with Crippen LogP contribution in [0.1, 0.15) is 33.0 Å². The fraction of sp³-hybridized carbons (Fsp3) is 0.400. The lowest BCUT2D eigenvalue weighted by atomic mass is 9.96. The summed E-state index contributed by atoms with van der Waals surface area (Å²) in [6.45, 7) is 12.2. The van der Waals surface area contributed by atoms with Crippen molar-refractivity contribution in [3.05, 3.63) is 60.6 Å². The molecule has 1 saturated heterocycles. The second-order valence-electron chi connectivity index (χ2n) is 10.7. The van der Waals surface area contributed by atoms with Gasteiger partial charge in [-0.25, -0.2) is 9.97 Å². The van der Waals surface area contributed by atoms with Gasteiger partial charge in [-0.05, 0) is 54.1 Å². The Morgan fingerprint density at radius 3 is 2.57 bits per heavy atom. The van der Waals surface area contributed by atoms with Gasteiger partial charge in [0, 0.05) is 42.4 Å². The monoisotopic (exact) mass is 499 g/mol. The standard InChI is InChI=1S/C30H37N5O2/c1-30(2,3)29-33-27(23-7-6-22-19-25(36-4)9-8-21(22)18-23)28(34-29)24-10-12-32-26(20-24)31-11-5-13-35-14-16-37-17-15-35/h6-10,12,18-20H,5,11,13-17H2,1-4H3,(H,31,32)(H,33,34). The first-order valence-electron chi connectivity index (χ1n) is 13.1. The third kappa shape index (κ3) is 5.95. The molecule has 1 fully saturated rings. The molecule has 7 heteroatoms. The molecule has 0 bridgehead atoms. The van der Waals surface area contributed by atoms with E-state index < -0.39 is 0 Å². The van der Waals surface area contributed by atoms with Crippen LogP contribution in [0.3, 0.4) is 0 Å². The molecule has 0 amide bonds. The van der Waals surface area contributed by atoms with Gasteiger partial charge in [-0.1, -0.05) is 39.0 Å². The van der Waals surface area contributed by atoms with Crippen molar-refractivity contribution in [3.63, 3.8) is 0 Å². The molecular weight excluding hydrogens is 462 g/mol. The molecule has 194 valence electrons. The summed E-state index contributed by atoms with van der Waals surface area (Å²) in [4.78, 5) is 15.8. The second-order valence-corrected chi connectivity index (χ2v) is 10.7. The minimum atomic E-state index is -0.106. The first-order valence-corrected chi connectivity index (χ1v) is 13.1. The number of benzene rings is 2. The number of hydrogen-bond donors (Lipinski definition) is 2. The quantitative estimate of drug-likeness (QED) is 0.302. The first kappa shape index (κ1) is 25.2. The minimum absolute atomic E-state index is 0.106. The summed E-state index contributed by atoms with van der Waals surface area (Å²) in [6, 6.07) is 16.8. The van der Waals surface area contributed by atoms with Crippen molar-refractivity contribution >= 4 is 16.6 Å². The van der Waals surface area contributed by atoms with Crippen molar-refractivity contribution in [2.45, 2.75) is 32.6 Å². The number of anilines is 1. The summed E-state index contributed by atoms with van der Waals surface area (Å²) in [7, 11) is 1.70. The lowest BCUT2D eigenvalue weighted by Gasteiger charge is -2.26. The van der Waals surface area contributed by atoms with E-state index in [1.807, 2.05) is 18.3 Å². The molecule has 1 aliphatic heterocycles. The second kappa shape index (κ2) is 10.9. The van der Waals surface area contributed by atoms with Crippen molar-refractivity contribution < 1.29 is 9.47 Å². The Balaban J connectivity index is 1.40. The van der Waals surface area contributed by atoms with Gasteiger partial charge < -0.3 is 19.8 Å². The van der Waals surface area contributed by atoms with E-state index in [9.17, 15) is 0 Å². The van der Waals surface area contributed by atoms with Crippen molar-refractivity contribution in [1.82, 2.24) is 19.9 Å². The van der Waals surface area contributed by atoms with Gasteiger partial charge in [-0.3, -0.25) is 4.90 Å². The number of aromatic nitrogens is 3. The zero-order chi connectivity index (χ0) is 25.8. The molecule has 0 aliphatic carbocycles. The number of nitrogens with zero attached hydrogens (tertiary/aromatic N) is 3. The maximum Gasteiger partial charge on any atom is 0.126 e. The number of H-pyrrole nitrogens is 1. The first-order chi connectivity index (χ1) is 17.9. The average Bonchev–Trinajstić information content (AvgIpc) is 3.38. The van der Waals surface area contributed by atoms with Gasteiger partial charge in [0.05, 0.1) is 31.7 Å². The normalized spacial score (nSPS) is 14.7. The van der Waals surface area contributed by atoms with E-state index in [0.717, 1.165) is 96.5 Å². The van der Waals surface area contributed by atoms with E-state index in [0.29, 0.717) is 0 Å². The lowest BCUT2D eigenvalue weighted by molar-refractivity contribution is 0.0378. The Bertz CT molecular complexity index is 1350. The number of morpholine rings is 1. The number of fused-ring (bicyclic) bond motifs is 1. The highest BCUT2D eigenvalue weighted by Crippen LogP contribution is 2.35. The molecule has 4 aromatic rings. The Kier molecular flexibility index (Phi) is 7.44. The lowest BCUT2D eigenvalue weighted by Crippen LogP contribution is -2.37. The molecule has 0 saturated carbocycles. The van der Waals surface area contributed by atoms with Crippen LogP contribution in [0.2, 0.25) is 0 Å². The number of methoxy groups -OCH3 is 1. The number of nitrogens with one attached hydrogen (secondary N) is 2. The molecule has 2 aromatic heterocycles. The van der Waals surface area contributed by atoms with Gasteiger partial charge in [-0.15, -0.1) is 0 Å². The zero-order valence-corrected chi connectivity index (χ0v) is 22.3. The predicted molar refractivity (Wildman–Crippen MR) is 150 cm³/mol. The molecule has 1 aliphatic rings. The van der Waals surface area contributed by atoms with E-state index in [-0.39, 0.29) is 5.41 Å². The van der Waals surface area contributed by atoms with Crippen LogP contribution in [0.15, 0.2) is 54.7 Å². The summed E-state index contributed by atoms with van der Waals surface area (Å²) < 4.78 is 10.8. The van der Waals surface area contributed by atoms with Gasteiger partial charge in [0.15, 0.2) is 0 Å². The molecular formula is C30H37N5O2. The Morgan fingerprint density at radius 1 is 1.00 bits per heavy atom. The van der Waals surface area contributed by atoms with Crippen LogP contribution < -0.4 is 10.1 Å². The van der Waals surface area contributed by atoms with Gasteiger partial charge in [0.1, 0.15) is 17.4 Å². The van der Waals surface area contributed by atoms with Crippen molar-refractivity contribution in [1.29, 1.82) is 0 Å². The fourth-order valence-corrected chi connectivity index (χ4v) is 4.67. The van der Waals surface area contributed by atoms with Crippen molar-refractivity contribution in [2.75, 3.05) is 51.8 Å². The summed E-state index contributed by atoms with van der Waals surface area (Å²) in [5, 5.41) is 5.81. The third-order valence-electron chi connectivity index (χ3n) is 6.84. The van der Waals surface area contributed by atoms with Crippen molar-refractivity contribution in [2.24, 2.45) is 0 Å². The van der Waals surface area contributed by atoms with Crippen LogP contribution in [-0.2, 0) is 10.2 Å². The molecule has 5 rings (SSSR count). The van der Waals surface area contributed by atoms with Crippen LogP contribution in [0.25, 0.3) is 33.3 Å². The molecule has 3 heterocycles. The van der Waals surface area contributed by atoms with Gasteiger partial charge in [0.2, 0.25) is 0 Å². The van der Waals surface area contributed by atoms with Crippen molar-refractivity contribution in [3.8, 4) is 28.3 Å². The van der Waals surface area contributed by atoms with Crippen LogP contribution in [0.4, 0.5) is 5.82 Å². The largest absolute Gasteiger partial charge is 0.497 e. The molecule has 0 atom stereocenters. The summed E-state index contributed by atoms with van der Waals surface area (Å²) in [6.07, 6.45) is 2.94. The van der Waals surface area contributed by atoms with Gasteiger partial charge >= 0.3 is 0 Å². The maximum absolute atomic E-state index is 5.44. The molecule has 2 aromatic carbocycles. The van der Waals surface area contributed by atoms with Gasteiger partial charge in [-0.2, -0.15) is 0 Å². The highest BCUT2D eigenvalue weighted by atomic mass is 16.5. The number of aromatic amines is 1. The fourth-order valence-electron chi connectivity index (χ4n) is 4.67. The third-order valence-corrected chi connectivity index (χ3v) is 6.84. The SMILES string of the molecule is COc1ccc2cc(-c3nc(C(C)(C)C)[nH]c3-c3ccnc(NCCCN4CCOCC4)c3)ccc2c1. The Labute approximate surface area is 219 Å². The zero-order valence-electron chi connectivity index (χ0n) is 22.3. The smallest absolute Gasteiger partial charge is 0.126 e. The molecule has 0 unspecified atom stereocenters. The average molecular weight is 500 g/mol. The van der Waals surface area contributed by atoms with Crippen LogP contribution in [0, 0.1) is 0 Å². The number of ether oxygens (including phenoxy) is 2. The summed E-state index contributed by atoms with van der Waals surface area (Å²) in [5.41, 5.74) is 4.00. The van der Waals surface area contributed by atoms with Gasteiger partial charge in [0.25, 0.3) is 0 Å². The van der Waals surface area contributed by atoms with E-state index in [1.165, 1.54) is 0 Å². The Morgan fingerprint density at radius 2 is 1.78 bits per heavy atom. The highest BCUT2D eigenvalue weighted by Gasteiger charge is 2.23. The molecule has 7 nitrogen and oxygen atoms in total.